The van der Waals surface area contributed by atoms with Crippen LogP contribution in [0.25, 0.3) is 0 Å². The van der Waals surface area contributed by atoms with E-state index in [4.69, 9.17) is 0 Å². The highest BCUT2D eigenvalue weighted by atomic mass is 16.1. The van der Waals surface area contributed by atoms with Gasteiger partial charge in [-0.2, -0.15) is 0 Å². The smallest absolute Gasteiger partial charge is 0.225 e. The molecule has 2 aliphatic heterocycles. The molecule has 2 aromatic rings. The summed E-state index contributed by atoms with van der Waals surface area (Å²) in [5.41, 5.74) is 2.50. The average molecular weight is 423 g/mol. The Hall–Kier alpha value is -2.51. The third kappa shape index (κ3) is 6.02. The number of benzene rings is 1. The molecular formula is C24H34N6O. The van der Waals surface area contributed by atoms with Crippen LogP contribution >= 0.6 is 0 Å². The van der Waals surface area contributed by atoms with Crippen molar-refractivity contribution in [2.24, 2.45) is 5.92 Å². The lowest BCUT2D eigenvalue weighted by molar-refractivity contribution is -0.125. The Balaban J connectivity index is 1.18. The maximum atomic E-state index is 12.6. The molecule has 1 aromatic carbocycles. The van der Waals surface area contributed by atoms with Gasteiger partial charge in [-0.05, 0) is 36.6 Å². The van der Waals surface area contributed by atoms with Gasteiger partial charge >= 0.3 is 0 Å². The molecule has 7 heteroatoms. The second-order valence-corrected chi connectivity index (χ2v) is 8.55. The van der Waals surface area contributed by atoms with Crippen molar-refractivity contribution in [3.05, 3.63) is 53.9 Å². The molecule has 166 valence electrons. The topological polar surface area (TPSA) is 64.6 Å². The van der Waals surface area contributed by atoms with Gasteiger partial charge in [0.2, 0.25) is 11.9 Å². The number of piperazine rings is 1. The van der Waals surface area contributed by atoms with Crippen LogP contribution in [0.1, 0.15) is 30.9 Å². The number of carbonyl (C=O) groups is 1. The number of anilines is 1. The zero-order chi connectivity index (χ0) is 21.5. The second-order valence-electron chi connectivity index (χ2n) is 8.55. The number of nitrogens with zero attached hydrogens (tertiary/aromatic N) is 5. The fraction of sp³-hybridized carbons (Fsp3) is 0.542. The number of hydrogen-bond donors (Lipinski definition) is 1. The molecule has 7 nitrogen and oxygen atoms in total. The van der Waals surface area contributed by atoms with E-state index in [1.165, 1.54) is 5.56 Å². The van der Waals surface area contributed by atoms with Crippen LogP contribution in [0.15, 0.2) is 42.7 Å². The summed E-state index contributed by atoms with van der Waals surface area (Å²) in [5, 5.41) is 3.13. The fourth-order valence-corrected chi connectivity index (χ4v) is 4.41. The summed E-state index contributed by atoms with van der Waals surface area (Å²) in [6, 6.07) is 10.5. The maximum Gasteiger partial charge on any atom is 0.225 e. The molecule has 4 rings (SSSR count). The van der Waals surface area contributed by atoms with Crippen molar-refractivity contribution in [1.29, 1.82) is 0 Å². The minimum Gasteiger partial charge on any atom is -0.352 e. The van der Waals surface area contributed by atoms with Gasteiger partial charge in [-0.25, -0.2) is 9.97 Å². The van der Waals surface area contributed by atoms with Crippen molar-refractivity contribution in [2.45, 2.75) is 32.9 Å². The molecule has 0 spiro atoms. The first kappa shape index (κ1) is 21.7. The van der Waals surface area contributed by atoms with E-state index < -0.39 is 0 Å². The van der Waals surface area contributed by atoms with Gasteiger partial charge in [0.25, 0.3) is 0 Å². The number of nitrogens with one attached hydrogen (secondary N) is 1. The summed E-state index contributed by atoms with van der Waals surface area (Å²) in [6.07, 6.45) is 5.21. The van der Waals surface area contributed by atoms with E-state index in [0.717, 1.165) is 76.7 Å². The molecule has 31 heavy (non-hydrogen) atoms. The molecule has 0 atom stereocenters. The zero-order valence-electron chi connectivity index (χ0n) is 18.5. The van der Waals surface area contributed by atoms with Gasteiger partial charge in [-0.15, -0.1) is 0 Å². The molecule has 0 unspecified atom stereocenters. The standard InChI is InChI=1S/C24H34N6O/c1-2-28-14-16-29(17-15-28)19-21-6-4-20(5-7-21)18-27-23(31)22-8-12-30(13-9-22)24-25-10-3-11-26-24/h3-7,10-11,22H,2,8-9,12-19H2,1H3,(H,27,31). The minimum absolute atomic E-state index is 0.0704. The lowest BCUT2D eigenvalue weighted by Crippen LogP contribution is -2.45. The largest absolute Gasteiger partial charge is 0.352 e. The molecule has 3 heterocycles. The highest BCUT2D eigenvalue weighted by Gasteiger charge is 2.25. The van der Waals surface area contributed by atoms with Crippen LogP contribution in [0.4, 0.5) is 5.95 Å². The predicted molar refractivity (Wildman–Crippen MR) is 123 cm³/mol. The summed E-state index contributed by atoms with van der Waals surface area (Å²) in [7, 11) is 0. The Kier molecular flexibility index (Phi) is 7.48. The van der Waals surface area contributed by atoms with Crippen LogP contribution in [0.5, 0.6) is 0 Å². The summed E-state index contributed by atoms with van der Waals surface area (Å²) in [6.45, 7) is 11.2. The number of amides is 1. The predicted octanol–water partition coefficient (Wildman–Crippen LogP) is 2.15. The van der Waals surface area contributed by atoms with E-state index in [9.17, 15) is 4.79 Å². The quantitative estimate of drug-likeness (QED) is 0.738. The Morgan fingerprint density at radius 2 is 1.55 bits per heavy atom. The van der Waals surface area contributed by atoms with E-state index in [1.54, 1.807) is 12.4 Å². The number of hydrogen-bond acceptors (Lipinski definition) is 6. The number of aromatic nitrogens is 2. The van der Waals surface area contributed by atoms with E-state index in [1.807, 2.05) is 6.07 Å². The molecule has 2 saturated heterocycles. The summed E-state index contributed by atoms with van der Waals surface area (Å²) in [4.78, 5) is 28.4. The fourth-order valence-electron chi connectivity index (χ4n) is 4.41. The first-order valence-electron chi connectivity index (χ1n) is 11.5. The summed E-state index contributed by atoms with van der Waals surface area (Å²) in [5.74, 6) is 0.987. The molecule has 1 aromatic heterocycles. The van der Waals surface area contributed by atoms with Gasteiger partial charge < -0.3 is 15.1 Å². The van der Waals surface area contributed by atoms with Gasteiger partial charge in [0.1, 0.15) is 0 Å². The molecule has 0 saturated carbocycles. The van der Waals surface area contributed by atoms with Crippen LogP contribution in [0, 0.1) is 5.92 Å². The summed E-state index contributed by atoms with van der Waals surface area (Å²) >= 11 is 0. The molecule has 1 amide bonds. The van der Waals surface area contributed by atoms with Crippen molar-refractivity contribution >= 4 is 11.9 Å². The van der Waals surface area contributed by atoms with Crippen LogP contribution in [-0.4, -0.2) is 71.5 Å². The molecule has 0 aliphatic carbocycles. The molecule has 0 bridgehead atoms. The maximum absolute atomic E-state index is 12.6. The third-order valence-electron chi connectivity index (χ3n) is 6.51. The van der Waals surface area contributed by atoms with Crippen molar-refractivity contribution in [2.75, 3.05) is 50.7 Å². The van der Waals surface area contributed by atoms with E-state index in [-0.39, 0.29) is 11.8 Å². The first-order valence-corrected chi connectivity index (χ1v) is 11.5. The highest BCUT2D eigenvalue weighted by molar-refractivity contribution is 5.78. The lowest BCUT2D eigenvalue weighted by Gasteiger charge is -2.34. The molecule has 2 aliphatic rings. The van der Waals surface area contributed by atoms with E-state index >= 15 is 0 Å². The van der Waals surface area contributed by atoms with Crippen molar-refractivity contribution in [3.63, 3.8) is 0 Å². The van der Waals surface area contributed by atoms with Gasteiger partial charge in [0.05, 0.1) is 0 Å². The van der Waals surface area contributed by atoms with Crippen molar-refractivity contribution < 1.29 is 4.79 Å². The number of carbonyl (C=O) groups excluding carboxylic acids is 1. The molecule has 1 N–H and O–H groups in total. The summed E-state index contributed by atoms with van der Waals surface area (Å²) < 4.78 is 0. The van der Waals surface area contributed by atoms with E-state index in [2.05, 4.69) is 61.2 Å². The zero-order valence-corrected chi connectivity index (χ0v) is 18.5. The van der Waals surface area contributed by atoms with Gasteiger partial charge in [0, 0.05) is 70.7 Å². The second kappa shape index (κ2) is 10.7. The Morgan fingerprint density at radius 3 is 2.19 bits per heavy atom. The molecule has 0 radical (unpaired) electrons. The number of rotatable bonds is 7. The van der Waals surface area contributed by atoms with Crippen LogP contribution in [0.3, 0.4) is 0 Å². The van der Waals surface area contributed by atoms with Gasteiger partial charge in [0.15, 0.2) is 0 Å². The van der Waals surface area contributed by atoms with E-state index in [0.29, 0.717) is 6.54 Å². The average Bonchev–Trinajstić information content (AvgIpc) is 2.84. The molecule has 2 fully saturated rings. The third-order valence-corrected chi connectivity index (χ3v) is 6.51. The van der Waals surface area contributed by atoms with Crippen molar-refractivity contribution in [3.8, 4) is 0 Å². The minimum atomic E-state index is 0.0704. The van der Waals surface area contributed by atoms with Gasteiger partial charge in [-0.1, -0.05) is 31.2 Å². The van der Waals surface area contributed by atoms with Crippen LogP contribution < -0.4 is 10.2 Å². The van der Waals surface area contributed by atoms with Gasteiger partial charge in [-0.3, -0.25) is 9.69 Å². The van der Waals surface area contributed by atoms with Crippen LogP contribution in [0.2, 0.25) is 0 Å². The Morgan fingerprint density at radius 1 is 0.935 bits per heavy atom. The lowest BCUT2D eigenvalue weighted by atomic mass is 9.96. The molecular weight excluding hydrogens is 388 g/mol. The first-order chi connectivity index (χ1) is 15.2. The number of piperidine rings is 1. The number of likely N-dealkylation sites (N-methyl/N-ethyl adjacent to an activating group) is 1. The Labute approximate surface area is 185 Å². The normalized spacial score (nSPS) is 18.8. The SMILES string of the molecule is CCN1CCN(Cc2ccc(CNC(=O)C3CCN(c4ncccn4)CC3)cc2)CC1. The Bertz CT molecular complexity index is 812. The highest BCUT2D eigenvalue weighted by Crippen LogP contribution is 2.20. The monoisotopic (exact) mass is 422 g/mol. The van der Waals surface area contributed by atoms with Crippen molar-refractivity contribution in [1.82, 2.24) is 25.1 Å². The van der Waals surface area contributed by atoms with Crippen LogP contribution in [-0.2, 0) is 17.9 Å².